The number of sulfonamides is 1. The minimum absolute atomic E-state index is 0.0877. The third-order valence-electron chi connectivity index (χ3n) is 4.46. The van der Waals surface area contributed by atoms with E-state index in [1.807, 2.05) is 6.92 Å². The minimum atomic E-state index is -3.59. The van der Waals surface area contributed by atoms with Crippen LogP contribution >= 0.6 is 0 Å². The summed E-state index contributed by atoms with van der Waals surface area (Å²) >= 11 is 0. The van der Waals surface area contributed by atoms with Crippen molar-refractivity contribution in [1.82, 2.24) is 30.3 Å². The molecule has 1 aliphatic heterocycles. The molecule has 0 spiro atoms. The van der Waals surface area contributed by atoms with Gasteiger partial charge in [0, 0.05) is 13.1 Å². The van der Waals surface area contributed by atoms with E-state index in [1.54, 1.807) is 35.1 Å². The van der Waals surface area contributed by atoms with Gasteiger partial charge in [-0.1, -0.05) is 22.9 Å². The predicted molar refractivity (Wildman–Crippen MR) is 99.9 cm³/mol. The van der Waals surface area contributed by atoms with Gasteiger partial charge in [0.05, 0.1) is 17.1 Å². The van der Waals surface area contributed by atoms with Crippen molar-refractivity contribution in [2.45, 2.75) is 30.7 Å². The second-order valence-electron chi connectivity index (χ2n) is 6.53. The summed E-state index contributed by atoms with van der Waals surface area (Å²) in [6.07, 6.45) is 3.54. The highest BCUT2D eigenvalue weighted by atomic mass is 32.2. The number of piperidine rings is 1. The van der Waals surface area contributed by atoms with Gasteiger partial charge in [-0.05, 0) is 45.0 Å². The van der Waals surface area contributed by atoms with Gasteiger partial charge >= 0.3 is 0 Å². The lowest BCUT2D eigenvalue weighted by Gasteiger charge is -2.22. The summed E-state index contributed by atoms with van der Waals surface area (Å²) in [5.74, 6) is -0.371. The van der Waals surface area contributed by atoms with Gasteiger partial charge < -0.3 is 10.6 Å². The van der Waals surface area contributed by atoms with Crippen LogP contribution in [0.3, 0.4) is 0 Å². The molecule has 1 aromatic heterocycles. The standard InChI is InChI=1S/C17H24N6O3S/c1-13-2-4-15(5-3-13)27(25,26)20-11-10-19-17(24)16-12-23(22-21-16)14-6-8-18-9-7-14/h2-5,12,14,18,20H,6-11H2,1H3,(H,19,24). The summed E-state index contributed by atoms with van der Waals surface area (Å²) in [4.78, 5) is 12.4. The Bertz CT molecular complexity index is 872. The Morgan fingerprint density at radius 1 is 1.22 bits per heavy atom. The maximum atomic E-state index is 12.2. The van der Waals surface area contributed by atoms with Crippen LogP contribution in [0.25, 0.3) is 0 Å². The smallest absolute Gasteiger partial charge is 0.273 e. The summed E-state index contributed by atoms with van der Waals surface area (Å²) in [6, 6.07) is 6.83. The molecule has 1 aliphatic rings. The Balaban J connectivity index is 1.47. The maximum Gasteiger partial charge on any atom is 0.273 e. The second kappa shape index (κ2) is 8.59. The quantitative estimate of drug-likeness (QED) is 0.580. The van der Waals surface area contributed by atoms with Crippen LogP contribution in [-0.4, -0.2) is 55.5 Å². The molecule has 1 amide bonds. The van der Waals surface area contributed by atoms with E-state index < -0.39 is 10.0 Å². The van der Waals surface area contributed by atoms with Crippen molar-refractivity contribution in [3.63, 3.8) is 0 Å². The molecule has 3 rings (SSSR count). The molecule has 2 aromatic rings. The predicted octanol–water partition coefficient (Wildman–Crippen LogP) is 0.219. The SMILES string of the molecule is Cc1ccc(S(=O)(=O)NCCNC(=O)c2cn(C3CCNCC3)nn2)cc1. The average molecular weight is 392 g/mol. The normalized spacial score (nSPS) is 15.6. The van der Waals surface area contributed by atoms with Crippen molar-refractivity contribution in [2.75, 3.05) is 26.2 Å². The fraction of sp³-hybridized carbons (Fsp3) is 0.471. The Kier molecular flexibility index (Phi) is 6.19. The summed E-state index contributed by atoms with van der Waals surface area (Å²) < 4.78 is 28.6. The van der Waals surface area contributed by atoms with Crippen LogP contribution in [0.4, 0.5) is 0 Å². The summed E-state index contributed by atoms with van der Waals surface area (Å²) in [6.45, 7) is 3.98. The molecule has 1 aromatic carbocycles. The van der Waals surface area contributed by atoms with Crippen LogP contribution in [-0.2, 0) is 10.0 Å². The summed E-state index contributed by atoms with van der Waals surface area (Å²) in [7, 11) is -3.59. The molecule has 1 fully saturated rings. The lowest BCUT2D eigenvalue weighted by atomic mass is 10.1. The number of benzene rings is 1. The van der Waals surface area contributed by atoms with Gasteiger partial charge in [0.2, 0.25) is 10.0 Å². The number of hydrogen-bond donors (Lipinski definition) is 3. The van der Waals surface area contributed by atoms with Crippen LogP contribution in [0.2, 0.25) is 0 Å². The average Bonchev–Trinajstić information content (AvgIpc) is 3.16. The Hall–Kier alpha value is -2.30. The first-order valence-electron chi connectivity index (χ1n) is 8.93. The molecule has 27 heavy (non-hydrogen) atoms. The molecule has 1 saturated heterocycles. The Morgan fingerprint density at radius 2 is 1.93 bits per heavy atom. The van der Waals surface area contributed by atoms with Crippen LogP contribution in [0.15, 0.2) is 35.4 Å². The molecule has 0 bridgehead atoms. The lowest BCUT2D eigenvalue weighted by molar-refractivity contribution is 0.0949. The zero-order valence-corrected chi connectivity index (χ0v) is 16.0. The van der Waals surface area contributed by atoms with Crippen LogP contribution in [0, 0.1) is 6.92 Å². The topological polar surface area (TPSA) is 118 Å². The first kappa shape index (κ1) is 19.5. The van der Waals surface area contributed by atoms with Crippen LogP contribution < -0.4 is 15.4 Å². The fourth-order valence-corrected chi connectivity index (χ4v) is 3.92. The van der Waals surface area contributed by atoms with Crippen molar-refractivity contribution in [1.29, 1.82) is 0 Å². The molecular formula is C17H24N6O3S. The molecule has 2 heterocycles. The van der Waals surface area contributed by atoms with Crippen molar-refractivity contribution in [2.24, 2.45) is 0 Å². The third-order valence-corrected chi connectivity index (χ3v) is 5.94. The molecule has 9 nitrogen and oxygen atoms in total. The van der Waals surface area contributed by atoms with E-state index in [0.717, 1.165) is 31.5 Å². The number of hydrogen-bond acceptors (Lipinski definition) is 6. The van der Waals surface area contributed by atoms with Gasteiger partial charge in [0.15, 0.2) is 5.69 Å². The number of aryl methyl sites for hydroxylation is 1. The van der Waals surface area contributed by atoms with Crippen LogP contribution in [0.5, 0.6) is 0 Å². The number of nitrogens with zero attached hydrogens (tertiary/aromatic N) is 3. The third kappa shape index (κ3) is 5.12. The van der Waals surface area contributed by atoms with Crippen molar-refractivity contribution in [3.8, 4) is 0 Å². The van der Waals surface area contributed by atoms with E-state index >= 15 is 0 Å². The van der Waals surface area contributed by atoms with Gasteiger partial charge in [-0.2, -0.15) is 0 Å². The summed E-state index contributed by atoms with van der Waals surface area (Å²) in [5, 5.41) is 13.9. The largest absolute Gasteiger partial charge is 0.349 e. The van der Waals surface area contributed by atoms with Gasteiger partial charge in [-0.25, -0.2) is 17.8 Å². The van der Waals surface area contributed by atoms with Crippen molar-refractivity contribution >= 4 is 15.9 Å². The number of carbonyl (C=O) groups is 1. The Morgan fingerprint density at radius 3 is 2.63 bits per heavy atom. The maximum absolute atomic E-state index is 12.2. The molecule has 0 atom stereocenters. The van der Waals surface area contributed by atoms with Gasteiger partial charge in [-0.15, -0.1) is 5.10 Å². The second-order valence-corrected chi connectivity index (χ2v) is 8.30. The highest BCUT2D eigenvalue weighted by molar-refractivity contribution is 7.89. The Labute approximate surface area is 158 Å². The molecule has 0 unspecified atom stereocenters. The van der Waals surface area contributed by atoms with Crippen LogP contribution in [0.1, 0.15) is 34.9 Å². The minimum Gasteiger partial charge on any atom is -0.349 e. The number of amides is 1. The first-order chi connectivity index (χ1) is 13.0. The van der Waals surface area contributed by atoms with E-state index in [4.69, 9.17) is 0 Å². The van der Waals surface area contributed by atoms with E-state index in [0.29, 0.717) is 0 Å². The van der Waals surface area contributed by atoms with Gasteiger partial charge in [0.1, 0.15) is 0 Å². The van der Waals surface area contributed by atoms with E-state index in [-0.39, 0.29) is 35.6 Å². The zero-order valence-electron chi connectivity index (χ0n) is 15.2. The monoisotopic (exact) mass is 392 g/mol. The molecule has 3 N–H and O–H groups in total. The fourth-order valence-electron chi connectivity index (χ4n) is 2.88. The van der Waals surface area contributed by atoms with E-state index in [2.05, 4.69) is 25.7 Å². The molecule has 0 saturated carbocycles. The summed E-state index contributed by atoms with van der Waals surface area (Å²) in [5.41, 5.74) is 1.22. The molecule has 146 valence electrons. The van der Waals surface area contributed by atoms with Gasteiger partial charge in [0.25, 0.3) is 5.91 Å². The van der Waals surface area contributed by atoms with E-state index in [1.165, 1.54) is 0 Å². The zero-order chi connectivity index (χ0) is 19.3. The molecular weight excluding hydrogens is 368 g/mol. The molecule has 0 radical (unpaired) electrons. The van der Waals surface area contributed by atoms with E-state index in [9.17, 15) is 13.2 Å². The van der Waals surface area contributed by atoms with Crippen molar-refractivity contribution in [3.05, 3.63) is 41.7 Å². The van der Waals surface area contributed by atoms with Gasteiger partial charge in [-0.3, -0.25) is 4.79 Å². The number of nitrogens with one attached hydrogen (secondary N) is 3. The van der Waals surface area contributed by atoms with Crippen molar-refractivity contribution < 1.29 is 13.2 Å². The lowest BCUT2D eigenvalue weighted by Crippen LogP contribution is -2.34. The number of rotatable bonds is 7. The molecule has 10 heteroatoms. The first-order valence-corrected chi connectivity index (χ1v) is 10.4. The number of carbonyl (C=O) groups excluding carboxylic acids is 1. The highest BCUT2D eigenvalue weighted by Gasteiger charge is 2.19. The number of aromatic nitrogens is 3. The highest BCUT2D eigenvalue weighted by Crippen LogP contribution is 2.17. The molecule has 0 aliphatic carbocycles.